The summed E-state index contributed by atoms with van der Waals surface area (Å²) >= 11 is 4.54. The van der Waals surface area contributed by atoms with Gasteiger partial charge in [-0.3, -0.25) is 28.1 Å². The van der Waals surface area contributed by atoms with E-state index in [0.717, 1.165) is 12.8 Å². The number of anilines is 3. The van der Waals surface area contributed by atoms with E-state index >= 15 is 0 Å². The topological polar surface area (TPSA) is 294 Å². The molecule has 0 saturated carbocycles. The SMILES string of the molecule is CC[C@H]1S[C@@H](n2ccc(NC(=O)c3ccccc3)nc2=O)[C@H](O)[C@@H]1O.CC[C@H]1S[C@@H](n2ccc(NC(=O)c3ccccc3)nc2=O)[C@H](O[Si](C)(C)C(C)(C)C)[C@@H]1O.[C-]#[N+]CCOP(C)O[C@H]1[C@@H](O[Si](C)(C)C(C)(C)C)[C@H](n2ccc(NC(=O)c3ccccc3)nc2=O)S[C@@H]1CC. The number of aliphatic hydroxyl groups is 3. The maximum atomic E-state index is 13.3. The number of nitrogens with one attached hydrogen (secondary N) is 3. The van der Waals surface area contributed by atoms with Crippen molar-refractivity contribution < 1.29 is 47.6 Å². The first-order valence-corrected chi connectivity index (χ1v) is 42.2. The smallest absolute Gasteiger partial charge is 0.350 e. The molecule has 3 amide bonds. The van der Waals surface area contributed by atoms with Gasteiger partial charge in [0.25, 0.3) is 17.7 Å². The van der Waals surface area contributed by atoms with Crippen LogP contribution in [-0.4, -0.2) is 151 Å². The molecular weight excluding hydrogens is 1340 g/mol. The molecule has 3 aliphatic heterocycles. The standard InChI is InChI=1S/C27H39N4O5PSSi.C23H33N3O4SSi.C17H19N3O4S/c1-9-20-22(35-37(6)34-18-16-28-5)23(36-39(7,8)27(2,3)4)25(38-20)31-17-15-21(30-26(31)33)29-24(32)19-13-11-10-12-14-19;1-7-16-18(27)19(30-32(5,6)23(2,3)4)21(31-16)26-14-13-17(25-22(26)29)24-20(28)15-11-9-8-10-12-15;1-2-11-13(21)14(22)16(25-11)20-9-8-12(19-17(20)24)18-15(23)10-6-4-3-5-7-10/h10-15,17,20,22-23,25H,9,16,18H2,1-4,6-8H3,(H,29,30,32,33);8-14,16,18-19,21,27H,7H2,1-6H3,(H,24,25,28,29);3-9,11,13-14,16,21-22H,2H2,1H3,(H,18,19,23,24)/t20-,22-,23-,25-,37?;16-,18-,19-,21-;11-,13-,14-,16-/m111/s1. The number of nitrogens with zero attached hydrogens (tertiary/aromatic N) is 7. The van der Waals surface area contributed by atoms with Gasteiger partial charge in [0.2, 0.25) is 6.54 Å². The molecule has 6 heterocycles. The number of aliphatic hydroxyl groups excluding tert-OH is 3. The number of hydrogen-bond donors (Lipinski definition) is 6. The molecule has 0 aliphatic carbocycles. The highest BCUT2D eigenvalue weighted by atomic mass is 32.2. The highest BCUT2D eigenvalue weighted by molar-refractivity contribution is 8.00. The fourth-order valence-electron chi connectivity index (χ4n) is 10.0. The van der Waals surface area contributed by atoms with E-state index in [0.29, 0.717) is 29.7 Å². The number of aromatic nitrogens is 6. The van der Waals surface area contributed by atoms with Gasteiger partial charge in [-0.2, -0.15) is 15.0 Å². The van der Waals surface area contributed by atoms with Crippen LogP contribution in [0.25, 0.3) is 4.85 Å². The van der Waals surface area contributed by atoms with E-state index < -0.39 is 78.0 Å². The Bertz CT molecular complexity index is 3810. The molecule has 96 heavy (non-hydrogen) atoms. The molecule has 0 bridgehead atoms. The summed E-state index contributed by atoms with van der Waals surface area (Å²) in [5.41, 5.74) is -0.110. The van der Waals surface area contributed by atoms with Crippen molar-refractivity contribution >= 4 is 95.5 Å². The van der Waals surface area contributed by atoms with Crippen LogP contribution in [0.4, 0.5) is 17.5 Å². The number of benzene rings is 3. The van der Waals surface area contributed by atoms with Crippen molar-refractivity contribution in [2.24, 2.45) is 0 Å². The molecule has 518 valence electrons. The lowest BCUT2D eigenvalue weighted by atomic mass is 10.1. The predicted octanol–water partition coefficient (Wildman–Crippen LogP) is 11.7. The van der Waals surface area contributed by atoms with Gasteiger partial charge in [0.1, 0.15) is 64.6 Å². The first-order chi connectivity index (χ1) is 45.3. The number of thioether (sulfide) groups is 3. The molecule has 3 aromatic carbocycles. The Labute approximate surface area is 577 Å². The maximum absolute atomic E-state index is 13.3. The average molecular weight is 1430 g/mol. The van der Waals surface area contributed by atoms with Crippen LogP contribution in [0, 0.1) is 6.57 Å². The Morgan fingerprint density at radius 3 is 1.23 bits per heavy atom. The molecule has 6 N–H and O–H groups in total. The lowest BCUT2D eigenvalue weighted by Gasteiger charge is -2.41. The molecule has 6 aromatic rings. The van der Waals surface area contributed by atoms with Gasteiger partial charge in [-0.05, 0) is 110 Å². The Morgan fingerprint density at radius 1 is 0.531 bits per heavy atom. The molecule has 13 atom stereocenters. The monoisotopic (exact) mass is 1430 g/mol. The van der Waals surface area contributed by atoms with E-state index in [-0.39, 0.29) is 84.4 Å². The van der Waals surface area contributed by atoms with Crippen LogP contribution >= 0.6 is 43.7 Å². The third-order valence-corrected chi connectivity index (χ3v) is 32.7. The van der Waals surface area contributed by atoms with Crippen molar-refractivity contribution in [1.29, 1.82) is 0 Å². The molecule has 3 saturated heterocycles. The van der Waals surface area contributed by atoms with Gasteiger partial charge in [-0.15, -0.1) is 35.3 Å². The van der Waals surface area contributed by atoms with Crippen molar-refractivity contribution in [2.75, 3.05) is 35.8 Å². The number of amides is 3. The van der Waals surface area contributed by atoms with Crippen LogP contribution < -0.4 is 33.0 Å². The summed E-state index contributed by atoms with van der Waals surface area (Å²) in [7, 11) is -5.68. The highest BCUT2D eigenvalue weighted by Crippen LogP contribution is 2.53. The largest absolute Gasteiger partial charge is 0.408 e. The summed E-state index contributed by atoms with van der Waals surface area (Å²) in [5.74, 6) is -0.491. The van der Waals surface area contributed by atoms with E-state index in [1.165, 1.54) is 33.2 Å². The zero-order chi connectivity index (χ0) is 70.5. The molecule has 1 unspecified atom stereocenters. The van der Waals surface area contributed by atoms with Crippen molar-refractivity contribution in [3.05, 3.63) is 187 Å². The second kappa shape index (κ2) is 34.1. The molecule has 0 radical (unpaired) electrons. The zero-order valence-electron chi connectivity index (χ0n) is 56.8. The van der Waals surface area contributed by atoms with Crippen LogP contribution in [0.3, 0.4) is 0 Å². The van der Waals surface area contributed by atoms with Gasteiger partial charge in [-0.1, -0.05) is 117 Å². The molecule has 23 nitrogen and oxygen atoms in total. The van der Waals surface area contributed by atoms with Gasteiger partial charge >= 0.3 is 17.1 Å². The zero-order valence-corrected chi connectivity index (χ0v) is 62.2. The quantitative estimate of drug-likeness (QED) is 0.0169. The number of carbonyl (C=O) groups excluding carboxylic acids is 3. The summed E-state index contributed by atoms with van der Waals surface area (Å²) in [5, 5.41) is 37.6. The molecule has 3 aromatic heterocycles. The lowest BCUT2D eigenvalue weighted by Crippen LogP contribution is -2.49. The van der Waals surface area contributed by atoms with Crippen LogP contribution in [0.15, 0.2) is 142 Å². The van der Waals surface area contributed by atoms with Crippen molar-refractivity contribution in [2.45, 2.75) is 186 Å². The van der Waals surface area contributed by atoms with Crippen molar-refractivity contribution in [3.63, 3.8) is 0 Å². The van der Waals surface area contributed by atoms with Gasteiger partial charge in [0, 0.05) is 57.7 Å². The number of carbonyl (C=O) groups is 3. The minimum atomic E-state index is -2.26. The summed E-state index contributed by atoms with van der Waals surface area (Å²) < 4.78 is 30.2. The Hall–Kier alpha value is -6.17. The molecule has 0 spiro atoms. The normalized spacial score (nSPS) is 23.7. The lowest BCUT2D eigenvalue weighted by molar-refractivity contribution is 0.0168. The van der Waals surface area contributed by atoms with Crippen molar-refractivity contribution in [3.8, 4) is 0 Å². The predicted molar refractivity (Wildman–Crippen MR) is 388 cm³/mol. The van der Waals surface area contributed by atoms with E-state index in [2.05, 4.69) is 110 Å². The van der Waals surface area contributed by atoms with Gasteiger partial charge in [-0.25, -0.2) is 21.0 Å². The van der Waals surface area contributed by atoms with E-state index in [1.807, 2.05) is 32.6 Å². The molecule has 9 rings (SSSR count). The number of rotatable bonds is 21. The first-order valence-electron chi connectivity index (χ1n) is 31.9. The van der Waals surface area contributed by atoms with E-state index in [9.17, 15) is 44.1 Å². The second-order valence-corrected chi connectivity index (χ2v) is 41.2. The second-order valence-electron chi connectivity index (χ2n) is 26.3. The van der Waals surface area contributed by atoms with Gasteiger partial charge in [0.15, 0.2) is 25.0 Å². The molecular formula is C67H91N10O13PS3Si2. The fraction of sp³-hybridized carbons (Fsp3) is 0.493. The summed E-state index contributed by atoms with van der Waals surface area (Å²) in [4.78, 5) is 91.0. The number of hydrogen-bond acceptors (Lipinski definition) is 19. The van der Waals surface area contributed by atoms with E-state index in [4.69, 9.17) is 24.5 Å². The summed E-state index contributed by atoms with van der Waals surface area (Å²) in [6, 6.07) is 30.9. The Kier molecular flexibility index (Phi) is 27.4. The van der Waals surface area contributed by atoms with Crippen LogP contribution in [-0.2, 0) is 17.9 Å². The van der Waals surface area contributed by atoms with E-state index in [1.54, 1.807) is 131 Å². The van der Waals surface area contributed by atoms with Gasteiger partial charge < -0.3 is 54.0 Å². The molecule has 3 aliphatic rings. The Balaban J connectivity index is 0.000000208. The van der Waals surface area contributed by atoms with Gasteiger partial charge in [0.05, 0.1) is 12.2 Å². The summed E-state index contributed by atoms with van der Waals surface area (Å²) in [6.07, 6.45) is 3.24. The van der Waals surface area contributed by atoms with Crippen LogP contribution in [0.2, 0.25) is 36.3 Å². The first kappa shape index (κ1) is 77.2. The van der Waals surface area contributed by atoms with Crippen molar-refractivity contribution in [1.82, 2.24) is 28.7 Å². The van der Waals surface area contributed by atoms with Crippen LogP contribution in [0.5, 0.6) is 0 Å². The highest BCUT2D eigenvalue weighted by Gasteiger charge is 2.53. The fourth-order valence-corrected chi connectivity index (χ4v) is 18.5. The third-order valence-electron chi connectivity index (χ3n) is 17.5. The maximum Gasteiger partial charge on any atom is 0.350 e. The Morgan fingerprint density at radius 2 is 0.875 bits per heavy atom. The third kappa shape index (κ3) is 19.6. The minimum Gasteiger partial charge on any atom is -0.408 e. The average Bonchev–Trinajstić information content (AvgIpc) is 1.61. The summed E-state index contributed by atoms with van der Waals surface area (Å²) in [6.45, 7) is 37.2. The molecule has 3 fully saturated rings. The molecule has 29 heteroatoms. The van der Waals surface area contributed by atoms with Crippen LogP contribution in [0.1, 0.15) is 129 Å². The minimum absolute atomic E-state index is 0.0268.